The molecule has 0 bridgehead atoms. The number of rotatable bonds is 15. The van der Waals surface area contributed by atoms with E-state index in [4.69, 9.17) is 4.74 Å². The molecule has 1 rings (SSSR count). The highest BCUT2D eigenvalue weighted by atomic mass is 79.9. The van der Waals surface area contributed by atoms with Crippen molar-refractivity contribution in [3.63, 3.8) is 0 Å². The van der Waals surface area contributed by atoms with Gasteiger partial charge in [0.2, 0.25) is 5.91 Å². The van der Waals surface area contributed by atoms with Gasteiger partial charge >= 0.3 is 11.9 Å². The summed E-state index contributed by atoms with van der Waals surface area (Å²) in [5, 5.41) is 11.6. The van der Waals surface area contributed by atoms with Crippen molar-refractivity contribution in [3.05, 3.63) is 42.5 Å². The lowest BCUT2D eigenvalue weighted by atomic mass is 10.1. The summed E-state index contributed by atoms with van der Waals surface area (Å²) in [6, 6.07) is 5.60. The van der Waals surface area contributed by atoms with Gasteiger partial charge in [0.1, 0.15) is 11.8 Å². The van der Waals surface area contributed by atoms with Crippen LogP contribution >= 0.6 is 17.0 Å². The molecule has 1 aromatic carbocycles. The van der Waals surface area contributed by atoms with Gasteiger partial charge in [-0.2, -0.15) is 0 Å². The highest BCUT2D eigenvalue weighted by Crippen LogP contribution is 2.16. The van der Waals surface area contributed by atoms with Crippen LogP contribution in [0, 0.1) is 0 Å². The first-order valence-corrected chi connectivity index (χ1v) is 10.4. The van der Waals surface area contributed by atoms with Crippen LogP contribution in [-0.4, -0.2) is 29.0 Å². The summed E-state index contributed by atoms with van der Waals surface area (Å²) in [7, 11) is 0. The summed E-state index contributed by atoms with van der Waals surface area (Å²) in [5.41, 5.74) is 0.713. The van der Waals surface area contributed by atoms with Gasteiger partial charge in [0.15, 0.2) is 0 Å². The number of carboxylic acid groups (broad SMARTS) is 1. The second-order valence-electron chi connectivity index (χ2n) is 7.15. The molecule has 7 heteroatoms. The number of hydrogen-bond donors (Lipinski definition) is 2. The molecule has 1 unspecified atom stereocenters. The third-order valence-electron chi connectivity index (χ3n) is 4.63. The van der Waals surface area contributed by atoms with Crippen LogP contribution in [0.2, 0.25) is 0 Å². The molecule has 0 aliphatic carbocycles. The molecule has 168 valence electrons. The lowest BCUT2D eigenvalue weighted by Crippen LogP contribution is -2.41. The zero-order valence-corrected chi connectivity index (χ0v) is 19.4. The van der Waals surface area contributed by atoms with Gasteiger partial charge in [-0.25, -0.2) is 4.79 Å². The third kappa shape index (κ3) is 12.4. The van der Waals surface area contributed by atoms with Crippen molar-refractivity contribution in [1.29, 1.82) is 0 Å². The van der Waals surface area contributed by atoms with Crippen molar-refractivity contribution in [2.75, 3.05) is 0 Å². The van der Waals surface area contributed by atoms with E-state index in [0.29, 0.717) is 17.7 Å². The number of carbonyl (C=O) groups is 3. The van der Waals surface area contributed by atoms with Crippen LogP contribution in [0.25, 0.3) is 0 Å². The normalized spacial score (nSPS) is 11.1. The molecule has 0 aliphatic heterocycles. The molecule has 0 saturated carbocycles. The van der Waals surface area contributed by atoms with E-state index in [2.05, 4.69) is 18.8 Å². The van der Waals surface area contributed by atoms with Crippen molar-refractivity contribution >= 4 is 34.8 Å². The Morgan fingerprint density at radius 3 is 2.13 bits per heavy atom. The number of halogens is 1. The highest BCUT2D eigenvalue weighted by molar-refractivity contribution is 8.93. The smallest absolute Gasteiger partial charge is 0.326 e. The molecule has 1 atom stereocenters. The summed E-state index contributed by atoms with van der Waals surface area (Å²) >= 11 is 0. The Balaban J connectivity index is 0.00000841. The van der Waals surface area contributed by atoms with Crippen molar-refractivity contribution in [2.45, 2.75) is 77.2 Å². The number of ether oxygens (including phenoxy) is 1. The van der Waals surface area contributed by atoms with Crippen LogP contribution in [0.5, 0.6) is 5.75 Å². The second kappa shape index (κ2) is 16.6. The standard InChI is InChI=1S/C23H33NO5.BrH/c1-3-5-6-7-8-9-10-11-12-22(26)29-19-15-13-18(14-16-19)17-20(23(27)28)24-21(25)4-2;/h4,13-16,20H,2-3,5-12,17H2,1H3,(H,24,25)(H,27,28);1H. The van der Waals surface area contributed by atoms with Gasteiger partial charge in [-0.05, 0) is 30.2 Å². The van der Waals surface area contributed by atoms with Gasteiger partial charge in [-0.15, -0.1) is 17.0 Å². The highest BCUT2D eigenvalue weighted by Gasteiger charge is 2.19. The van der Waals surface area contributed by atoms with Crippen molar-refractivity contribution in [3.8, 4) is 5.75 Å². The molecule has 6 nitrogen and oxygen atoms in total. The van der Waals surface area contributed by atoms with Crippen molar-refractivity contribution in [2.24, 2.45) is 0 Å². The summed E-state index contributed by atoms with van der Waals surface area (Å²) < 4.78 is 5.33. The van der Waals surface area contributed by atoms with Gasteiger partial charge in [-0.3, -0.25) is 9.59 Å². The molecule has 0 saturated heterocycles. The Morgan fingerprint density at radius 2 is 1.60 bits per heavy atom. The number of esters is 1. The monoisotopic (exact) mass is 483 g/mol. The lowest BCUT2D eigenvalue weighted by Gasteiger charge is -2.13. The predicted molar refractivity (Wildman–Crippen MR) is 123 cm³/mol. The number of hydrogen-bond acceptors (Lipinski definition) is 4. The number of carboxylic acids is 1. The van der Waals surface area contributed by atoms with Gasteiger partial charge in [0, 0.05) is 12.8 Å². The minimum absolute atomic E-state index is 0. The van der Waals surface area contributed by atoms with E-state index in [1.165, 1.54) is 32.1 Å². The summed E-state index contributed by atoms with van der Waals surface area (Å²) in [6.45, 7) is 5.52. The number of unbranched alkanes of at least 4 members (excludes halogenated alkanes) is 7. The molecule has 1 amide bonds. The number of amides is 1. The predicted octanol–water partition coefficient (Wildman–Crippen LogP) is 5.00. The Bertz CT molecular complexity index is 660. The maximum absolute atomic E-state index is 11.9. The van der Waals surface area contributed by atoms with E-state index in [9.17, 15) is 19.5 Å². The van der Waals surface area contributed by atoms with E-state index in [1.54, 1.807) is 24.3 Å². The fourth-order valence-electron chi connectivity index (χ4n) is 2.95. The maximum Gasteiger partial charge on any atom is 0.326 e. The quantitative estimate of drug-likeness (QED) is 0.158. The summed E-state index contributed by atoms with van der Waals surface area (Å²) in [4.78, 5) is 34.5. The van der Waals surface area contributed by atoms with Crippen molar-refractivity contribution < 1.29 is 24.2 Å². The van der Waals surface area contributed by atoms with Crippen LogP contribution in [-0.2, 0) is 20.8 Å². The largest absolute Gasteiger partial charge is 0.480 e. The van der Waals surface area contributed by atoms with Gasteiger partial charge in [0.05, 0.1) is 0 Å². The molecule has 0 fully saturated rings. The van der Waals surface area contributed by atoms with Gasteiger partial charge < -0.3 is 15.2 Å². The average molecular weight is 484 g/mol. The molecule has 0 spiro atoms. The zero-order chi connectivity index (χ0) is 21.5. The summed E-state index contributed by atoms with van der Waals surface area (Å²) in [6.07, 6.45) is 10.9. The molecule has 0 aliphatic rings. The molecule has 0 aromatic heterocycles. The topological polar surface area (TPSA) is 92.7 Å². The zero-order valence-electron chi connectivity index (χ0n) is 17.7. The first kappa shape index (κ1) is 27.8. The van der Waals surface area contributed by atoms with Gasteiger partial charge in [-0.1, -0.05) is 70.6 Å². The van der Waals surface area contributed by atoms with Crippen LogP contribution in [0.15, 0.2) is 36.9 Å². The van der Waals surface area contributed by atoms with E-state index >= 15 is 0 Å². The Kier molecular flexibility index (Phi) is 15.4. The minimum atomic E-state index is -1.12. The first-order valence-electron chi connectivity index (χ1n) is 10.4. The maximum atomic E-state index is 11.9. The first-order chi connectivity index (χ1) is 14.0. The Morgan fingerprint density at radius 1 is 1.03 bits per heavy atom. The second-order valence-corrected chi connectivity index (χ2v) is 7.15. The SMILES string of the molecule is Br.C=CC(=O)NC(Cc1ccc(OC(=O)CCCCCCCCCC)cc1)C(=O)O. The Hall–Kier alpha value is -2.15. The van der Waals surface area contributed by atoms with Crippen LogP contribution < -0.4 is 10.1 Å². The average Bonchev–Trinajstić information content (AvgIpc) is 2.70. The fraction of sp³-hybridized carbons (Fsp3) is 0.522. The number of benzene rings is 1. The lowest BCUT2D eigenvalue weighted by molar-refractivity contribution is -0.141. The Labute approximate surface area is 189 Å². The number of nitrogens with one attached hydrogen (secondary N) is 1. The molecular weight excluding hydrogens is 450 g/mol. The van der Waals surface area contributed by atoms with E-state index in [-0.39, 0.29) is 29.4 Å². The van der Waals surface area contributed by atoms with E-state index in [0.717, 1.165) is 25.3 Å². The van der Waals surface area contributed by atoms with Gasteiger partial charge in [0.25, 0.3) is 0 Å². The fourth-order valence-corrected chi connectivity index (χ4v) is 2.95. The molecule has 30 heavy (non-hydrogen) atoms. The third-order valence-corrected chi connectivity index (χ3v) is 4.63. The number of carbonyl (C=O) groups excluding carboxylic acids is 2. The summed E-state index contributed by atoms with van der Waals surface area (Å²) in [5.74, 6) is -1.49. The van der Waals surface area contributed by atoms with E-state index in [1.807, 2.05) is 0 Å². The van der Waals surface area contributed by atoms with Crippen molar-refractivity contribution in [1.82, 2.24) is 5.32 Å². The molecule has 0 heterocycles. The van der Waals surface area contributed by atoms with Crippen LogP contribution in [0.4, 0.5) is 0 Å². The minimum Gasteiger partial charge on any atom is -0.480 e. The van der Waals surface area contributed by atoms with E-state index < -0.39 is 17.9 Å². The molecular formula is C23H34BrNO5. The molecule has 1 aromatic rings. The molecule has 2 N–H and O–H groups in total. The van der Waals surface area contributed by atoms with Crippen LogP contribution in [0.1, 0.15) is 70.3 Å². The molecule has 0 radical (unpaired) electrons. The van der Waals surface area contributed by atoms with Crippen LogP contribution in [0.3, 0.4) is 0 Å². The number of aliphatic carboxylic acids is 1.